The van der Waals surface area contributed by atoms with Crippen LogP contribution >= 0.6 is 9.47 Å². The number of carbonyl (C=O) groups is 3. The van der Waals surface area contributed by atoms with E-state index in [1.165, 1.54) is 0 Å². The van der Waals surface area contributed by atoms with Gasteiger partial charge in [-0.3, -0.25) is 9.59 Å². The fourth-order valence-electron chi connectivity index (χ4n) is 1.34. The molecule has 0 aromatic heterocycles. The van der Waals surface area contributed by atoms with Crippen LogP contribution in [0, 0.1) is 0 Å². The van der Waals surface area contributed by atoms with Crippen LogP contribution in [0.1, 0.15) is 24.5 Å². The summed E-state index contributed by atoms with van der Waals surface area (Å²) in [5, 5.41) is 9.03. The van der Waals surface area contributed by atoms with Crippen LogP contribution in [-0.4, -0.2) is 23.0 Å². The van der Waals surface area contributed by atoms with Gasteiger partial charge in [0.1, 0.15) is 0 Å². The summed E-state index contributed by atoms with van der Waals surface area (Å²) in [6.07, 6.45) is -1.77. The van der Waals surface area contributed by atoms with Gasteiger partial charge in [0, 0.05) is 5.56 Å². The first-order valence-electron chi connectivity index (χ1n) is 5.41. The molecule has 1 aromatic rings. The molecule has 1 rings (SSSR count). The average Bonchev–Trinajstić information content (AvgIpc) is 2.42. The van der Waals surface area contributed by atoms with Crippen LogP contribution in [0.2, 0.25) is 0 Å². The number of ether oxygens (including phenoxy) is 1. The van der Waals surface area contributed by atoms with E-state index in [2.05, 4.69) is 4.52 Å². The van der Waals surface area contributed by atoms with Crippen LogP contribution in [0.4, 0.5) is 0 Å². The molecule has 0 saturated heterocycles. The van der Waals surface area contributed by atoms with Crippen molar-refractivity contribution in [2.75, 3.05) is 0 Å². The van der Waals surface area contributed by atoms with Gasteiger partial charge in [0.2, 0.25) is 6.10 Å². The molecule has 0 amide bonds. The van der Waals surface area contributed by atoms with Gasteiger partial charge in [0.25, 0.3) is 0 Å². The molecule has 1 unspecified atom stereocenters. The molecule has 0 fully saturated rings. The molecule has 0 bridgehead atoms. The third-order valence-corrected chi connectivity index (χ3v) is 2.50. The highest BCUT2D eigenvalue weighted by Gasteiger charge is 2.24. The summed E-state index contributed by atoms with van der Waals surface area (Å²) in [4.78, 5) is 33.3. The molecule has 0 saturated carbocycles. The van der Waals surface area contributed by atoms with E-state index in [0.29, 0.717) is 5.56 Å². The Morgan fingerprint density at radius 2 is 1.68 bits per heavy atom. The summed E-state index contributed by atoms with van der Waals surface area (Å²) in [5.74, 6) is -2.63. The monoisotopic (exact) mass is 284 g/mol. The van der Waals surface area contributed by atoms with Gasteiger partial charge in [0.15, 0.2) is 0 Å². The Hall–Kier alpha value is -1.94. The van der Waals surface area contributed by atoms with Crippen molar-refractivity contribution >= 4 is 27.4 Å². The largest absolute Gasteiger partial charge is 0.478 e. The average molecular weight is 284 g/mol. The number of carbonyl (C=O) groups excluding carboxylic acids is 2. The van der Waals surface area contributed by atoms with E-state index >= 15 is 0 Å². The maximum Gasteiger partial charge on any atom is 0.349 e. The Bertz CT molecular complexity index is 459. The van der Waals surface area contributed by atoms with E-state index in [-0.39, 0.29) is 12.8 Å². The van der Waals surface area contributed by atoms with Crippen molar-refractivity contribution in [3.05, 3.63) is 35.9 Å². The Labute approximate surface area is 112 Å². The molecule has 0 spiro atoms. The molecule has 1 aromatic carbocycles. The van der Waals surface area contributed by atoms with Crippen LogP contribution in [0.25, 0.3) is 0 Å². The van der Waals surface area contributed by atoms with Crippen molar-refractivity contribution in [3.63, 3.8) is 0 Å². The minimum atomic E-state index is -1.37. The Morgan fingerprint density at radius 3 is 2.21 bits per heavy atom. The Balaban J connectivity index is 2.62. The highest BCUT2D eigenvalue weighted by Crippen LogP contribution is 2.18. The van der Waals surface area contributed by atoms with Gasteiger partial charge in [-0.15, -0.1) is 0 Å². The second kappa shape index (κ2) is 7.48. The minimum Gasteiger partial charge on any atom is -0.478 e. The maximum absolute atomic E-state index is 11.5. The number of rotatable bonds is 6. The highest BCUT2D eigenvalue weighted by molar-refractivity contribution is 7.10. The van der Waals surface area contributed by atoms with Gasteiger partial charge in [-0.05, 0) is 0 Å². The lowest BCUT2D eigenvalue weighted by Gasteiger charge is -2.13. The molecule has 0 aliphatic heterocycles. The molecule has 0 aliphatic rings. The van der Waals surface area contributed by atoms with Crippen LogP contribution < -0.4 is 0 Å². The normalized spacial score (nSPS) is 11.4. The summed E-state index contributed by atoms with van der Waals surface area (Å²) in [7, 11) is 1.77. The molecule has 6 nitrogen and oxygen atoms in total. The number of carboxylic acids is 1. The molecule has 7 heteroatoms. The number of benzene rings is 1. The highest BCUT2D eigenvalue weighted by atomic mass is 31.0. The quantitative estimate of drug-likeness (QED) is 0.628. The third-order valence-electron chi connectivity index (χ3n) is 2.24. The van der Waals surface area contributed by atoms with E-state index < -0.39 is 24.0 Å². The number of esters is 1. The third kappa shape index (κ3) is 5.06. The first-order valence-corrected chi connectivity index (χ1v) is 5.88. The lowest BCUT2D eigenvalue weighted by Crippen LogP contribution is -2.19. The summed E-state index contributed by atoms with van der Waals surface area (Å²) >= 11 is 0. The zero-order chi connectivity index (χ0) is 14.3. The number of hydrogen-bond donors (Lipinski definition) is 1. The van der Waals surface area contributed by atoms with Crippen LogP contribution in [0.15, 0.2) is 30.3 Å². The van der Waals surface area contributed by atoms with Crippen molar-refractivity contribution in [3.8, 4) is 0 Å². The molecule has 0 radical (unpaired) electrons. The standard InChI is InChI=1S/C12H13O6P/c13-9(6-7-10(14)18-19)17-11(12(15)16)8-4-2-1-3-5-8/h1-5,11H,6-7,19H2,(H,15,16)/t11-/m0/s1. The predicted molar refractivity (Wildman–Crippen MR) is 67.9 cm³/mol. The first-order chi connectivity index (χ1) is 9.04. The van der Waals surface area contributed by atoms with E-state index in [1.54, 1.807) is 39.8 Å². The Kier molecular flexibility index (Phi) is 5.96. The fraction of sp³-hybridized carbons (Fsp3) is 0.250. The topological polar surface area (TPSA) is 89.9 Å². The summed E-state index contributed by atoms with van der Waals surface area (Å²) in [6, 6.07) is 8.10. The van der Waals surface area contributed by atoms with Crippen LogP contribution in [0.3, 0.4) is 0 Å². The van der Waals surface area contributed by atoms with Gasteiger partial charge < -0.3 is 14.4 Å². The van der Waals surface area contributed by atoms with Crippen LogP contribution in [-0.2, 0) is 23.6 Å². The summed E-state index contributed by atoms with van der Waals surface area (Å²) < 4.78 is 9.13. The van der Waals surface area contributed by atoms with Gasteiger partial charge in [-0.25, -0.2) is 4.79 Å². The van der Waals surface area contributed by atoms with Gasteiger partial charge in [-0.1, -0.05) is 30.3 Å². The van der Waals surface area contributed by atoms with E-state index in [0.717, 1.165) is 0 Å². The SMILES string of the molecule is O=C(CCC(=O)O[C@H](C(=O)O)c1ccccc1)OP. The van der Waals surface area contributed by atoms with Gasteiger partial charge in [0.05, 0.1) is 22.3 Å². The van der Waals surface area contributed by atoms with E-state index in [4.69, 9.17) is 9.84 Å². The second-order valence-electron chi connectivity index (χ2n) is 3.61. The first kappa shape index (κ1) is 15.1. The lowest BCUT2D eigenvalue weighted by atomic mass is 10.1. The summed E-state index contributed by atoms with van der Waals surface area (Å²) in [6.45, 7) is 0. The fourth-order valence-corrected chi connectivity index (χ4v) is 1.46. The van der Waals surface area contributed by atoms with Gasteiger partial charge in [-0.2, -0.15) is 0 Å². The van der Waals surface area contributed by atoms with Crippen molar-refractivity contribution in [2.24, 2.45) is 0 Å². The smallest absolute Gasteiger partial charge is 0.349 e. The second-order valence-corrected chi connectivity index (χ2v) is 3.84. The minimum absolute atomic E-state index is 0.163. The molecular weight excluding hydrogens is 271 g/mol. The molecule has 2 atom stereocenters. The van der Waals surface area contributed by atoms with Crippen LogP contribution in [0.5, 0.6) is 0 Å². The molecule has 0 aliphatic carbocycles. The van der Waals surface area contributed by atoms with Gasteiger partial charge >= 0.3 is 17.9 Å². The Morgan fingerprint density at radius 1 is 1.11 bits per heavy atom. The lowest BCUT2D eigenvalue weighted by molar-refractivity contribution is -0.165. The zero-order valence-corrected chi connectivity index (χ0v) is 11.1. The maximum atomic E-state index is 11.5. The van der Waals surface area contributed by atoms with Crippen molar-refractivity contribution in [1.82, 2.24) is 0 Å². The molecule has 19 heavy (non-hydrogen) atoms. The van der Waals surface area contributed by atoms with E-state index in [9.17, 15) is 14.4 Å². The number of aliphatic carboxylic acids is 1. The van der Waals surface area contributed by atoms with Crippen molar-refractivity contribution < 1.29 is 28.8 Å². The summed E-state index contributed by atoms with van der Waals surface area (Å²) in [5.41, 5.74) is 0.358. The predicted octanol–water partition coefficient (Wildman–Crippen LogP) is 1.47. The number of hydrogen-bond acceptors (Lipinski definition) is 5. The van der Waals surface area contributed by atoms with E-state index in [1.807, 2.05) is 0 Å². The molecule has 1 N–H and O–H groups in total. The van der Waals surface area contributed by atoms with Crippen molar-refractivity contribution in [2.45, 2.75) is 18.9 Å². The number of carboxylic acid groups (broad SMARTS) is 1. The molecule has 102 valence electrons. The van der Waals surface area contributed by atoms with Crippen molar-refractivity contribution in [1.29, 1.82) is 0 Å². The molecular formula is C12H13O6P. The zero-order valence-electron chi connectivity index (χ0n) is 9.94. The molecule has 0 heterocycles.